The van der Waals surface area contributed by atoms with Gasteiger partial charge < -0.3 is 5.32 Å². The van der Waals surface area contributed by atoms with E-state index in [1.54, 1.807) is 34.1 Å². The zero-order valence-corrected chi connectivity index (χ0v) is 16.0. The maximum atomic E-state index is 12.7. The number of carbonyl (C=O) groups is 1. The molecule has 0 fully saturated rings. The van der Waals surface area contributed by atoms with E-state index in [9.17, 15) is 9.59 Å². The average molecular weight is 386 g/mol. The normalized spacial score (nSPS) is 12.0. The monoisotopic (exact) mass is 385 g/mol. The standard InChI is InChI=1S/C19H19N3O2S2/c1-3-10-22-18(24)14-7-4-5-8-15(14)21-19(22)26-12-17(23)20-13(2)16-9-6-11-25-16/h3-9,11,13H,1,10,12H2,2H3,(H,20,23). The van der Waals surface area contributed by atoms with Gasteiger partial charge in [-0.2, -0.15) is 0 Å². The fourth-order valence-electron chi connectivity index (χ4n) is 2.57. The molecule has 3 rings (SSSR count). The number of rotatable bonds is 7. The lowest BCUT2D eigenvalue weighted by atomic mass is 10.2. The van der Waals surface area contributed by atoms with Gasteiger partial charge in [0.1, 0.15) is 0 Å². The second-order valence-corrected chi connectivity index (χ2v) is 7.63. The van der Waals surface area contributed by atoms with Gasteiger partial charge in [0.2, 0.25) is 5.91 Å². The molecule has 1 aromatic carbocycles. The second kappa shape index (κ2) is 8.33. The van der Waals surface area contributed by atoms with E-state index < -0.39 is 0 Å². The van der Waals surface area contributed by atoms with Crippen LogP contribution >= 0.6 is 23.1 Å². The summed E-state index contributed by atoms with van der Waals surface area (Å²) in [6.45, 7) is 6.01. The first-order valence-corrected chi connectivity index (χ1v) is 10.0. The lowest BCUT2D eigenvalue weighted by molar-refractivity contribution is -0.119. The van der Waals surface area contributed by atoms with Crippen LogP contribution in [0, 0.1) is 0 Å². The van der Waals surface area contributed by atoms with E-state index in [0.29, 0.717) is 22.6 Å². The van der Waals surface area contributed by atoms with Crippen LogP contribution in [0.2, 0.25) is 0 Å². The van der Waals surface area contributed by atoms with Crippen LogP contribution in [0.15, 0.2) is 64.4 Å². The summed E-state index contributed by atoms with van der Waals surface area (Å²) >= 11 is 2.87. The quantitative estimate of drug-likeness (QED) is 0.383. The fraction of sp³-hybridized carbons (Fsp3) is 0.211. The van der Waals surface area contributed by atoms with Crippen LogP contribution in [0.1, 0.15) is 17.8 Å². The molecule has 1 N–H and O–H groups in total. The highest BCUT2D eigenvalue weighted by atomic mass is 32.2. The number of nitrogens with one attached hydrogen (secondary N) is 1. The SMILES string of the molecule is C=CCn1c(SCC(=O)NC(C)c2cccs2)nc2ccccc2c1=O. The summed E-state index contributed by atoms with van der Waals surface area (Å²) < 4.78 is 1.55. The van der Waals surface area contributed by atoms with Crippen molar-refractivity contribution in [3.05, 3.63) is 69.7 Å². The number of hydrogen-bond donors (Lipinski definition) is 1. The molecule has 0 bridgehead atoms. The third-order valence-corrected chi connectivity index (χ3v) is 5.85. The molecule has 0 spiro atoms. The first-order chi connectivity index (χ1) is 12.6. The maximum Gasteiger partial charge on any atom is 0.262 e. The lowest BCUT2D eigenvalue weighted by Gasteiger charge is -2.13. The van der Waals surface area contributed by atoms with Gasteiger partial charge in [0, 0.05) is 11.4 Å². The smallest absolute Gasteiger partial charge is 0.262 e. The molecule has 0 aliphatic heterocycles. The molecule has 5 nitrogen and oxygen atoms in total. The Kier molecular flexibility index (Phi) is 5.90. The van der Waals surface area contributed by atoms with Crippen LogP contribution in [0.4, 0.5) is 0 Å². The van der Waals surface area contributed by atoms with E-state index in [2.05, 4.69) is 16.9 Å². The second-order valence-electron chi connectivity index (χ2n) is 5.71. The molecule has 0 saturated carbocycles. The molecule has 3 aromatic rings. The van der Waals surface area contributed by atoms with Crippen LogP contribution in [0.5, 0.6) is 0 Å². The Morgan fingerprint density at radius 1 is 1.38 bits per heavy atom. The number of amides is 1. The van der Waals surface area contributed by atoms with Crippen molar-refractivity contribution in [2.75, 3.05) is 5.75 Å². The summed E-state index contributed by atoms with van der Waals surface area (Å²) in [5, 5.41) is 6.04. The minimum absolute atomic E-state index is 0.0389. The van der Waals surface area contributed by atoms with Crippen molar-refractivity contribution < 1.29 is 4.79 Å². The number of allylic oxidation sites excluding steroid dienone is 1. The van der Waals surface area contributed by atoms with Gasteiger partial charge in [0.25, 0.3) is 5.56 Å². The molecule has 2 aromatic heterocycles. The summed E-state index contributed by atoms with van der Waals surface area (Å²) in [5.74, 6) is 0.0981. The number of benzene rings is 1. The molecular weight excluding hydrogens is 366 g/mol. The van der Waals surface area contributed by atoms with Gasteiger partial charge in [-0.25, -0.2) is 4.98 Å². The highest BCUT2D eigenvalue weighted by Crippen LogP contribution is 2.20. The zero-order valence-electron chi connectivity index (χ0n) is 14.3. The van der Waals surface area contributed by atoms with Crippen molar-refractivity contribution in [3.63, 3.8) is 0 Å². The van der Waals surface area contributed by atoms with Gasteiger partial charge in [0.15, 0.2) is 5.16 Å². The number of thiophene rings is 1. The minimum atomic E-state index is -0.120. The van der Waals surface area contributed by atoms with Gasteiger partial charge in [-0.3, -0.25) is 14.2 Å². The number of para-hydroxylation sites is 1. The first-order valence-electron chi connectivity index (χ1n) is 8.16. The predicted molar refractivity (Wildman–Crippen MR) is 108 cm³/mol. The van der Waals surface area contributed by atoms with Gasteiger partial charge in [-0.05, 0) is 30.5 Å². The van der Waals surface area contributed by atoms with Gasteiger partial charge >= 0.3 is 0 Å². The van der Waals surface area contributed by atoms with Gasteiger partial charge in [-0.15, -0.1) is 17.9 Å². The third-order valence-electron chi connectivity index (χ3n) is 3.82. The van der Waals surface area contributed by atoms with Crippen molar-refractivity contribution >= 4 is 39.9 Å². The molecule has 26 heavy (non-hydrogen) atoms. The van der Waals surface area contributed by atoms with E-state index in [4.69, 9.17) is 0 Å². The molecule has 0 aliphatic rings. The third kappa shape index (κ3) is 4.05. The zero-order chi connectivity index (χ0) is 18.5. The minimum Gasteiger partial charge on any atom is -0.348 e. The molecule has 0 radical (unpaired) electrons. The van der Waals surface area contributed by atoms with Crippen molar-refractivity contribution in [1.29, 1.82) is 0 Å². The fourth-order valence-corrected chi connectivity index (χ4v) is 4.12. The highest BCUT2D eigenvalue weighted by Gasteiger charge is 2.14. The van der Waals surface area contributed by atoms with Crippen molar-refractivity contribution in [3.8, 4) is 0 Å². The summed E-state index contributed by atoms with van der Waals surface area (Å²) in [6.07, 6.45) is 1.65. The van der Waals surface area contributed by atoms with Crippen LogP contribution in [0.25, 0.3) is 10.9 Å². The van der Waals surface area contributed by atoms with Gasteiger partial charge in [-0.1, -0.05) is 36.0 Å². The number of hydrogen-bond acceptors (Lipinski definition) is 5. The number of carbonyl (C=O) groups excluding carboxylic acids is 1. The average Bonchev–Trinajstić information content (AvgIpc) is 3.17. The molecule has 0 aliphatic carbocycles. The summed E-state index contributed by atoms with van der Waals surface area (Å²) in [7, 11) is 0. The van der Waals surface area contributed by atoms with Crippen LogP contribution in [-0.4, -0.2) is 21.2 Å². The van der Waals surface area contributed by atoms with Crippen LogP contribution < -0.4 is 10.9 Å². The number of fused-ring (bicyclic) bond motifs is 1. The number of thioether (sulfide) groups is 1. The van der Waals surface area contributed by atoms with Crippen molar-refractivity contribution in [1.82, 2.24) is 14.9 Å². The van der Waals surface area contributed by atoms with E-state index in [-0.39, 0.29) is 23.3 Å². The van der Waals surface area contributed by atoms with Crippen LogP contribution in [0.3, 0.4) is 0 Å². The molecule has 1 unspecified atom stereocenters. The molecular formula is C19H19N3O2S2. The Bertz CT molecular complexity index is 980. The molecule has 1 amide bonds. The molecule has 134 valence electrons. The van der Waals surface area contributed by atoms with E-state index in [1.165, 1.54) is 11.8 Å². The Labute approximate surface area is 159 Å². The Morgan fingerprint density at radius 3 is 2.92 bits per heavy atom. The Balaban J connectivity index is 1.77. The van der Waals surface area contributed by atoms with Gasteiger partial charge in [0.05, 0.1) is 22.7 Å². The molecule has 7 heteroatoms. The summed E-state index contributed by atoms with van der Waals surface area (Å²) in [6, 6.07) is 11.1. The first kappa shape index (κ1) is 18.4. The number of aromatic nitrogens is 2. The van der Waals surface area contributed by atoms with E-state index in [0.717, 1.165) is 4.88 Å². The van der Waals surface area contributed by atoms with Crippen molar-refractivity contribution in [2.45, 2.75) is 24.7 Å². The highest BCUT2D eigenvalue weighted by molar-refractivity contribution is 7.99. The Hall–Kier alpha value is -2.38. The van der Waals surface area contributed by atoms with Crippen molar-refractivity contribution in [2.24, 2.45) is 0 Å². The Morgan fingerprint density at radius 2 is 2.19 bits per heavy atom. The molecule has 0 saturated heterocycles. The summed E-state index contributed by atoms with van der Waals surface area (Å²) in [4.78, 5) is 30.6. The van der Waals surface area contributed by atoms with E-state index >= 15 is 0 Å². The summed E-state index contributed by atoms with van der Waals surface area (Å²) in [5.41, 5.74) is 0.512. The topological polar surface area (TPSA) is 64.0 Å². The number of nitrogens with zero attached hydrogens (tertiary/aromatic N) is 2. The predicted octanol–water partition coefficient (Wildman–Crippen LogP) is 3.61. The lowest BCUT2D eigenvalue weighted by Crippen LogP contribution is -2.28. The largest absolute Gasteiger partial charge is 0.348 e. The molecule has 2 heterocycles. The molecule has 1 atom stereocenters. The maximum absolute atomic E-state index is 12.7. The van der Waals surface area contributed by atoms with E-state index in [1.807, 2.05) is 36.6 Å². The van der Waals surface area contributed by atoms with Crippen LogP contribution in [-0.2, 0) is 11.3 Å².